The maximum Gasteiger partial charge on any atom is 0.126 e. The molecule has 92 valence electrons. The number of benzene rings is 1. The normalized spacial score (nSPS) is 18.0. The van der Waals surface area contributed by atoms with Crippen molar-refractivity contribution >= 4 is 18.7 Å². The van der Waals surface area contributed by atoms with E-state index in [2.05, 4.69) is 24.8 Å². The van der Waals surface area contributed by atoms with E-state index >= 15 is 0 Å². The highest BCUT2D eigenvalue weighted by Gasteiger charge is 2.36. The quantitative estimate of drug-likeness (QED) is 0.768. The summed E-state index contributed by atoms with van der Waals surface area (Å²) in [6, 6.07) is 8.19. The third-order valence-electron chi connectivity index (χ3n) is 3.55. The molecule has 0 heterocycles. The van der Waals surface area contributed by atoms with Crippen molar-refractivity contribution in [1.82, 2.24) is 0 Å². The molecule has 0 atom stereocenters. The highest BCUT2D eigenvalue weighted by atomic mass is 32.1. The summed E-state index contributed by atoms with van der Waals surface area (Å²) in [5.74, 6) is 1.91. The van der Waals surface area contributed by atoms with Crippen LogP contribution in [-0.4, -0.2) is 12.4 Å². The minimum atomic E-state index is 0.326. The van der Waals surface area contributed by atoms with Crippen molar-refractivity contribution in [2.24, 2.45) is 5.41 Å². The molecular weight excluding hydrogens is 228 g/mol. The van der Waals surface area contributed by atoms with Gasteiger partial charge < -0.3 is 4.74 Å². The van der Waals surface area contributed by atoms with E-state index in [1.54, 1.807) is 0 Å². The van der Waals surface area contributed by atoms with Crippen molar-refractivity contribution in [3.63, 3.8) is 0 Å². The second kappa shape index (κ2) is 5.63. The largest absolute Gasteiger partial charge is 0.492 e. The number of thiol groups is 1. The molecule has 17 heavy (non-hydrogen) atoms. The van der Waals surface area contributed by atoms with Crippen LogP contribution < -0.4 is 4.74 Å². The van der Waals surface area contributed by atoms with E-state index in [1.165, 1.54) is 19.3 Å². The molecular formula is C15H20OS. The lowest BCUT2D eigenvalue weighted by Crippen LogP contribution is -2.37. The summed E-state index contributed by atoms with van der Waals surface area (Å²) in [5, 5.41) is 0. The van der Waals surface area contributed by atoms with E-state index in [9.17, 15) is 0 Å². The van der Waals surface area contributed by atoms with Crippen LogP contribution in [0.25, 0.3) is 6.08 Å². The van der Waals surface area contributed by atoms with Gasteiger partial charge in [-0.3, -0.25) is 0 Å². The summed E-state index contributed by atoms with van der Waals surface area (Å²) in [6.45, 7) is 2.82. The molecule has 1 fully saturated rings. The average molecular weight is 248 g/mol. The van der Waals surface area contributed by atoms with Crippen LogP contribution in [0.5, 0.6) is 5.75 Å². The molecule has 1 aliphatic rings. The van der Waals surface area contributed by atoms with Gasteiger partial charge in [-0.15, -0.1) is 0 Å². The van der Waals surface area contributed by atoms with E-state index < -0.39 is 0 Å². The summed E-state index contributed by atoms with van der Waals surface area (Å²) >= 11 is 4.45. The Morgan fingerprint density at radius 2 is 2.12 bits per heavy atom. The van der Waals surface area contributed by atoms with Gasteiger partial charge in [0.2, 0.25) is 0 Å². The lowest BCUT2D eigenvalue weighted by atomic mass is 9.71. The Balaban J connectivity index is 2.03. The zero-order chi connectivity index (χ0) is 12.1. The molecule has 0 spiro atoms. The molecule has 0 radical (unpaired) electrons. The minimum absolute atomic E-state index is 0.326. The van der Waals surface area contributed by atoms with Crippen molar-refractivity contribution in [3.05, 3.63) is 35.9 Å². The molecule has 0 bridgehead atoms. The first-order valence-electron chi connectivity index (χ1n) is 6.25. The number of rotatable bonds is 5. The van der Waals surface area contributed by atoms with Gasteiger partial charge in [-0.05, 0) is 31.6 Å². The number of ether oxygens (including phenoxy) is 1. The molecule has 2 rings (SSSR count). The van der Waals surface area contributed by atoms with Crippen molar-refractivity contribution in [2.75, 3.05) is 12.4 Å². The third kappa shape index (κ3) is 2.86. The predicted octanol–water partition coefficient (Wildman–Crippen LogP) is 4.20. The number of para-hydroxylation sites is 1. The van der Waals surface area contributed by atoms with Crippen LogP contribution in [0.1, 0.15) is 31.7 Å². The summed E-state index contributed by atoms with van der Waals surface area (Å²) in [7, 11) is 0. The molecule has 1 aliphatic carbocycles. The van der Waals surface area contributed by atoms with Crippen LogP contribution in [0, 0.1) is 5.41 Å². The van der Waals surface area contributed by atoms with Crippen molar-refractivity contribution < 1.29 is 4.74 Å². The third-order valence-corrected chi connectivity index (χ3v) is 4.22. The lowest BCUT2D eigenvalue weighted by molar-refractivity contribution is 0.0828. The topological polar surface area (TPSA) is 9.23 Å². The Hall–Kier alpha value is -0.890. The Kier molecular flexibility index (Phi) is 4.16. The average Bonchev–Trinajstić information content (AvgIpc) is 2.31. The molecule has 2 heteroatoms. The maximum atomic E-state index is 5.99. The smallest absolute Gasteiger partial charge is 0.126 e. The first-order chi connectivity index (χ1) is 8.29. The van der Waals surface area contributed by atoms with E-state index in [1.807, 2.05) is 31.2 Å². The predicted molar refractivity (Wildman–Crippen MR) is 76.8 cm³/mol. The molecule has 1 aromatic carbocycles. The Labute approximate surface area is 109 Å². The van der Waals surface area contributed by atoms with Gasteiger partial charge in [-0.1, -0.05) is 36.8 Å². The van der Waals surface area contributed by atoms with E-state index in [-0.39, 0.29) is 0 Å². The molecule has 0 unspecified atom stereocenters. The number of hydrogen-bond acceptors (Lipinski definition) is 2. The number of hydrogen-bond donors (Lipinski definition) is 1. The lowest BCUT2D eigenvalue weighted by Gasteiger charge is -2.40. The zero-order valence-corrected chi connectivity index (χ0v) is 11.2. The molecule has 0 aliphatic heterocycles. The highest BCUT2D eigenvalue weighted by molar-refractivity contribution is 7.80. The Morgan fingerprint density at radius 3 is 2.71 bits per heavy atom. The van der Waals surface area contributed by atoms with Crippen molar-refractivity contribution in [2.45, 2.75) is 26.2 Å². The fourth-order valence-corrected chi connectivity index (χ4v) is 2.59. The van der Waals surface area contributed by atoms with Gasteiger partial charge in [0.1, 0.15) is 5.75 Å². The van der Waals surface area contributed by atoms with E-state index in [4.69, 9.17) is 4.74 Å². The van der Waals surface area contributed by atoms with Crippen molar-refractivity contribution in [1.29, 1.82) is 0 Å². The van der Waals surface area contributed by atoms with Crippen LogP contribution in [-0.2, 0) is 0 Å². The van der Waals surface area contributed by atoms with Crippen LogP contribution in [0.2, 0.25) is 0 Å². The molecule has 0 saturated heterocycles. The summed E-state index contributed by atoms with van der Waals surface area (Å²) in [6.07, 6.45) is 7.95. The molecule has 1 nitrogen and oxygen atoms in total. The van der Waals surface area contributed by atoms with Gasteiger partial charge in [0.05, 0.1) is 6.61 Å². The molecule has 1 saturated carbocycles. The van der Waals surface area contributed by atoms with E-state index in [0.717, 1.165) is 23.7 Å². The number of allylic oxidation sites excluding steroid dienone is 1. The minimum Gasteiger partial charge on any atom is -0.492 e. The van der Waals surface area contributed by atoms with Crippen LogP contribution in [0.15, 0.2) is 30.3 Å². The summed E-state index contributed by atoms with van der Waals surface area (Å²) in [4.78, 5) is 0. The van der Waals surface area contributed by atoms with Gasteiger partial charge in [-0.25, -0.2) is 0 Å². The van der Waals surface area contributed by atoms with Gasteiger partial charge in [0.15, 0.2) is 0 Å². The second-order valence-corrected chi connectivity index (χ2v) is 5.15. The fraction of sp³-hybridized carbons (Fsp3) is 0.467. The summed E-state index contributed by atoms with van der Waals surface area (Å²) in [5.41, 5.74) is 1.48. The monoisotopic (exact) mass is 248 g/mol. The summed E-state index contributed by atoms with van der Waals surface area (Å²) < 4.78 is 5.99. The van der Waals surface area contributed by atoms with Crippen molar-refractivity contribution in [3.8, 4) is 5.75 Å². The molecule has 0 amide bonds. The Bertz CT molecular complexity index is 388. The van der Waals surface area contributed by atoms with Crippen LogP contribution >= 0.6 is 12.6 Å². The maximum absolute atomic E-state index is 5.99. The molecule has 1 aromatic rings. The first kappa shape index (κ1) is 12.6. The molecule has 0 N–H and O–H groups in total. The SMILES string of the molecule is CC=Cc1ccccc1OCC1(CS)CCC1. The fourth-order valence-electron chi connectivity index (χ4n) is 2.18. The van der Waals surface area contributed by atoms with Gasteiger partial charge in [0, 0.05) is 11.0 Å². The van der Waals surface area contributed by atoms with Gasteiger partial charge >= 0.3 is 0 Å². The van der Waals surface area contributed by atoms with Crippen LogP contribution in [0.3, 0.4) is 0 Å². The first-order valence-corrected chi connectivity index (χ1v) is 6.88. The van der Waals surface area contributed by atoms with E-state index in [0.29, 0.717) is 5.41 Å². The Morgan fingerprint density at radius 1 is 1.35 bits per heavy atom. The molecule has 0 aromatic heterocycles. The highest BCUT2D eigenvalue weighted by Crippen LogP contribution is 2.42. The second-order valence-electron chi connectivity index (χ2n) is 4.84. The zero-order valence-electron chi connectivity index (χ0n) is 10.4. The standard InChI is InChI=1S/C15H20OS/c1-2-6-13-7-3-4-8-14(13)16-11-15(12-17)9-5-10-15/h2-4,6-8,17H,5,9-12H2,1H3. The van der Waals surface area contributed by atoms with Gasteiger partial charge in [0.25, 0.3) is 0 Å². The van der Waals surface area contributed by atoms with Crippen LogP contribution in [0.4, 0.5) is 0 Å². The van der Waals surface area contributed by atoms with Gasteiger partial charge in [-0.2, -0.15) is 12.6 Å².